The Bertz CT molecular complexity index is 685. The zero-order chi connectivity index (χ0) is 18.4. The summed E-state index contributed by atoms with van der Waals surface area (Å²) in [5.74, 6) is 2.38. The summed E-state index contributed by atoms with van der Waals surface area (Å²) in [6.07, 6.45) is 1.84. The third-order valence-corrected chi connectivity index (χ3v) is 4.53. The smallest absolute Gasteiger partial charge is 0.119 e. The Morgan fingerprint density at radius 1 is 1.00 bits per heavy atom. The van der Waals surface area contributed by atoms with Gasteiger partial charge in [0, 0.05) is 19.1 Å². The van der Waals surface area contributed by atoms with Crippen LogP contribution in [0.5, 0.6) is 17.2 Å². The van der Waals surface area contributed by atoms with E-state index >= 15 is 0 Å². The van der Waals surface area contributed by atoms with Crippen molar-refractivity contribution in [3.05, 3.63) is 54.1 Å². The highest BCUT2D eigenvalue weighted by Crippen LogP contribution is 2.29. The Labute approximate surface area is 155 Å². The highest BCUT2D eigenvalue weighted by molar-refractivity contribution is 5.31. The lowest BCUT2D eigenvalue weighted by Gasteiger charge is -2.25. The van der Waals surface area contributed by atoms with Gasteiger partial charge < -0.3 is 19.3 Å². The van der Waals surface area contributed by atoms with Crippen LogP contribution in [0.15, 0.2) is 48.5 Å². The largest absolute Gasteiger partial charge is 0.497 e. The third-order valence-electron chi connectivity index (χ3n) is 4.53. The summed E-state index contributed by atoms with van der Waals surface area (Å²) in [7, 11) is 3.31. The maximum atomic E-state index is 10.4. The molecular formula is C21H27NO4. The maximum absolute atomic E-state index is 10.4. The number of aliphatic hydroxyl groups is 1. The number of methoxy groups -OCH3 is 2. The minimum absolute atomic E-state index is 0.271. The standard InChI is InChI=1S/C21H27NO4/c1-24-19-8-10-20(11-9-19)26-15-18(23)14-22(17-6-7-17)13-16-4-3-5-21(12-16)25-2/h3-5,8-12,17-18,23H,6-7,13-15H2,1-2H3/t18-/m1/s1. The predicted octanol–water partition coefficient (Wildman–Crippen LogP) is 3.11. The van der Waals surface area contributed by atoms with E-state index in [0.717, 1.165) is 23.8 Å². The van der Waals surface area contributed by atoms with Crippen LogP contribution >= 0.6 is 0 Å². The van der Waals surface area contributed by atoms with E-state index in [0.29, 0.717) is 12.6 Å². The van der Waals surface area contributed by atoms with Crippen molar-refractivity contribution in [2.45, 2.75) is 31.5 Å². The molecule has 1 aliphatic rings. The first-order chi connectivity index (χ1) is 12.7. The van der Waals surface area contributed by atoms with Gasteiger partial charge in [0.15, 0.2) is 0 Å². The highest BCUT2D eigenvalue weighted by atomic mass is 16.5. The van der Waals surface area contributed by atoms with Crippen molar-refractivity contribution in [2.75, 3.05) is 27.4 Å². The van der Waals surface area contributed by atoms with Crippen molar-refractivity contribution in [1.82, 2.24) is 4.90 Å². The first kappa shape index (κ1) is 18.5. The fourth-order valence-electron chi connectivity index (χ4n) is 2.98. The van der Waals surface area contributed by atoms with Gasteiger partial charge in [0.25, 0.3) is 0 Å². The zero-order valence-corrected chi connectivity index (χ0v) is 15.4. The normalized spacial score (nSPS) is 14.9. The molecule has 3 rings (SSSR count). The molecule has 0 spiro atoms. The Hall–Kier alpha value is -2.24. The van der Waals surface area contributed by atoms with Crippen LogP contribution in [0.2, 0.25) is 0 Å². The number of benzene rings is 2. The second-order valence-electron chi connectivity index (χ2n) is 6.65. The molecule has 0 radical (unpaired) electrons. The van der Waals surface area contributed by atoms with Gasteiger partial charge in [0.1, 0.15) is 30.0 Å². The lowest BCUT2D eigenvalue weighted by molar-refractivity contribution is 0.0626. The lowest BCUT2D eigenvalue weighted by Crippen LogP contribution is -2.36. The molecular weight excluding hydrogens is 330 g/mol. The van der Waals surface area contributed by atoms with Gasteiger partial charge in [-0.15, -0.1) is 0 Å². The van der Waals surface area contributed by atoms with Gasteiger partial charge in [-0.3, -0.25) is 4.90 Å². The van der Waals surface area contributed by atoms with Gasteiger partial charge in [0.2, 0.25) is 0 Å². The summed E-state index contributed by atoms with van der Waals surface area (Å²) in [6, 6.07) is 16.0. The Morgan fingerprint density at radius 3 is 2.35 bits per heavy atom. The molecule has 2 aromatic carbocycles. The number of nitrogens with zero attached hydrogens (tertiary/aromatic N) is 1. The maximum Gasteiger partial charge on any atom is 0.119 e. The van der Waals surface area contributed by atoms with Crippen molar-refractivity contribution in [1.29, 1.82) is 0 Å². The van der Waals surface area contributed by atoms with Gasteiger partial charge in [-0.2, -0.15) is 0 Å². The van der Waals surface area contributed by atoms with Crippen LogP contribution in [0.3, 0.4) is 0 Å². The molecule has 5 nitrogen and oxygen atoms in total. The van der Waals surface area contributed by atoms with E-state index in [1.165, 1.54) is 18.4 Å². The molecule has 1 aliphatic carbocycles. The molecule has 1 saturated carbocycles. The molecule has 140 valence electrons. The fourth-order valence-corrected chi connectivity index (χ4v) is 2.98. The molecule has 0 bridgehead atoms. The topological polar surface area (TPSA) is 51.2 Å². The fraction of sp³-hybridized carbons (Fsp3) is 0.429. The molecule has 0 unspecified atom stereocenters. The first-order valence-corrected chi connectivity index (χ1v) is 9.00. The lowest BCUT2D eigenvalue weighted by atomic mass is 10.2. The average molecular weight is 357 g/mol. The second-order valence-corrected chi connectivity index (χ2v) is 6.65. The molecule has 0 aliphatic heterocycles. The number of ether oxygens (including phenoxy) is 3. The summed E-state index contributed by atoms with van der Waals surface area (Å²) >= 11 is 0. The quantitative estimate of drug-likeness (QED) is 0.708. The van der Waals surface area contributed by atoms with E-state index in [9.17, 15) is 5.11 Å². The molecule has 0 heterocycles. The molecule has 1 atom stereocenters. The van der Waals surface area contributed by atoms with Crippen molar-refractivity contribution < 1.29 is 19.3 Å². The molecule has 0 aromatic heterocycles. The van der Waals surface area contributed by atoms with E-state index in [-0.39, 0.29) is 6.61 Å². The summed E-state index contributed by atoms with van der Waals surface area (Å²) in [4.78, 5) is 2.33. The molecule has 0 saturated heterocycles. The van der Waals surface area contributed by atoms with Crippen LogP contribution < -0.4 is 14.2 Å². The molecule has 26 heavy (non-hydrogen) atoms. The van der Waals surface area contributed by atoms with E-state index < -0.39 is 6.10 Å². The van der Waals surface area contributed by atoms with Gasteiger partial charge in [-0.25, -0.2) is 0 Å². The molecule has 1 N–H and O–H groups in total. The van der Waals surface area contributed by atoms with Crippen LogP contribution in [0.25, 0.3) is 0 Å². The Morgan fingerprint density at radius 2 is 1.69 bits per heavy atom. The average Bonchev–Trinajstić information content (AvgIpc) is 3.52. The van der Waals surface area contributed by atoms with Crippen LogP contribution in [0, 0.1) is 0 Å². The van der Waals surface area contributed by atoms with Gasteiger partial charge in [-0.05, 0) is 54.8 Å². The molecule has 5 heteroatoms. The molecule has 1 fully saturated rings. The van der Waals surface area contributed by atoms with Crippen molar-refractivity contribution in [3.8, 4) is 17.2 Å². The summed E-state index contributed by atoms with van der Waals surface area (Å²) in [6.45, 7) is 1.67. The second kappa shape index (κ2) is 8.92. The number of hydrogen-bond acceptors (Lipinski definition) is 5. The van der Waals surface area contributed by atoms with Crippen LogP contribution in [0.1, 0.15) is 18.4 Å². The third kappa shape index (κ3) is 5.38. The number of aliphatic hydroxyl groups excluding tert-OH is 1. The minimum Gasteiger partial charge on any atom is -0.497 e. The van der Waals surface area contributed by atoms with Crippen LogP contribution in [-0.4, -0.2) is 49.5 Å². The van der Waals surface area contributed by atoms with Crippen molar-refractivity contribution in [3.63, 3.8) is 0 Å². The van der Waals surface area contributed by atoms with Crippen LogP contribution in [0.4, 0.5) is 0 Å². The Kier molecular flexibility index (Phi) is 6.36. The predicted molar refractivity (Wildman–Crippen MR) is 101 cm³/mol. The monoisotopic (exact) mass is 357 g/mol. The van der Waals surface area contributed by atoms with E-state index in [2.05, 4.69) is 17.0 Å². The molecule has 2 aromatic rings. The Balaban J connectivity index is 1.52. The molecule has 0 amide bonds. The van der Waals surface area contributed by atoms with Gasteiger partial charge >= 0.3 is 0 Å². The zero-order valence-electron chi connectivity index (χ0n) is 15.4. The number of rotatable bonds is 10. The van der Waals surface area contributed by atoms with Gasteiger partial charge in [0.05, 0.1) is 14.2 Å². The summed E-state index contributed by atoms with van der Waals surface area (Å²) in [5.41, 5.74) is 1.19. The first-order valence-electron chi connectivity index (χ1n) is 9.00. The van der Waals surface area contributed by atoms with E-state index in [1.54, 1.807) is 14.2 Å². The van der Waals surface area contributed by atoms with Crippen molar-refractivity contribution >= 4 is 0 Å². The summed E-state index contributed by atoms with van der Waals surface area (Å²) < 4.78 is 16.1. The summed E-state index contributed by atoms with van der Waals surface area (Å²) in [5, 5.41) is 10.4. The minimum atomic E-state index is -0.539. The van der Waals surface area contributed by atoms with E-state index in [1.807, 2.05) is 36.4 Å². The van der Waals surface area contributed by atoms with Crippen LogP contribution in [-0.2, 0) is 6.54 Å². The van der Waals surface area contributed by atoms with Crippen molar-refractivity contribution in [2.24, 2.45) is 0 Å². The van der Waals surface area contributed by atoms with E-state index in [4.69, 9.17) is 14.2 Å². The number of hydrogen-bond donors (Lipinski definition) is 1. The highest BCUT2D eigenvalue weighted by Gasteiger charge is 2.30. The SMILES string of the molecule is COc1ccc(OC[C@H](O)CN(Cc2cccc(OC)c2)C2CC2)cc1. The van der Waals surface area contributed by atoms with Gasteiger partial charge in [-0.1, -0.05) is 12.1 Å².